The molecule has 32 heavy (non-hydrogen) atoms. The normalized spacial score (nSPS) is 14.7. The Labute approximate surface area is 196 Å². The third-order valence-electron chi connectivity index (χ3n) is 5.04. The molecule has 1 aliphatic heterocycles. The first-order chi connectivity index (χ1) is 15.5. The molecule has 0 aromatic heterocycles. The molecule has 4 rings (SSSR count). The molecule has 1 saturated heterocycles. The molecule has 0 spiro atoms. The number of hydrogen-bond donors (Lipinski definition) is 1. The van der Waals surface area contributed by atoms with E-state index in [-0.39, 0.29) is 6.54 Å². The Morgan fingerprint density at radius 2 is 1.47 bits per heavy atom. The lowest BCUT2D eigenvalue weighted by atomic mass is 10.1. The van der Waals surface area contributed by atoms with Crippen LogP contribution in [0.1, 0.15) is 16.7 Å². The number of carbonyl (C=O) groups excluding carboxylic acids is 2. The number of rotatable bonds is 7. The molecule has 1 N–H and O–H groups in total. The number of para-hydroxylation sites is 1. The van der Waals surface area contributed by atoms with Gasteiger partial charge in [0, 0.05) is 10.0 Å². The number of ether oxygens (including phenoxy) is 1. The van der Waals surface area contributed by atoms with Gasteiger partial charge in [0.05, 0.1) is 6.54 Å². The van der Waals surface area contributed by atoms with Crippen molar-refractivity contribution in [3.05, 3.63) is 111 Å². The first-order valence-corrected chi connectivity index (χ1v) is 10.8. The summed E-state index contributed by atoms with van der Waals surface area (Å²) in [5, 5.41) is 3.65. The summed E-state index contributed by atoms with van der Waals surface area (Å²) in [5.74, 6) is 0.303. The van der Waals surface area contributed by atoms with E-state index in [2.05, 4.69) is 5.32 Å². The lowest BCUT2D eigenvalue weighted by molar-refractivity contribution is -0.116. The maximum absolute atomic E-state index is 12.4. The number of carbonyl (C=O) groups is 2. The van der Waals surface area contributed by atoms with E-state index in [4.69, 9.17) is 27.9 Å². The maximum atomic E-state index is 12.4. The first-order valence-electron chi connectivity index (χ1n) is 10.0. The van der Waals surface area contributed by atoms with Crippen LogP contribution in [-0.4, -0.2) is 16.8 Å². The highest BCUT2D eigenvalue weighted by Crippen LogP contribution is 2.24. The molecule has 0 radical (unpaired) electrons. The van der Waals surface area contributed by atoms with Gasteiger partial charge in [-0.3, -0.25) is 15.0 Å². The van der Waals surface area contributed by atoms with Gasteiger partial charge >= 0.3 is 6.03 Å². The average molecular weight is 467 g/mol. The molecule has 5 nitrogen and oxygen atoms in total. The van der Waals surface area contributed by atoms with Crippen LogP contribution in [0.5, 0.6) is 5.75 Å². The Morgan fingerprint density at radius 1 is 0.844 bits per heavy atom. The average Bonchev–Trinajstić information content (AvgIpc) is 3.06. The van der Waals surface area contributed by atoms with Gasteiger partial charge in [0.1, 0.15) is 18.1 Å². The van der Waals surface area contributed by atoms with Crippen molar-refractivity contribution in [3.8, 4) is 5.75 Å². The van der Waals surface area contributed by atoms with Crippen LogP contribution in [0.4, 0.5) is 4.79 Å². The quantitative estimate of drug-likeness (QED) is 0.356. The minimum atomic E-state index is -0.441. The minimum absolute atomic E-state index is 0.273. The highest BCUT2D eigenvalue weighted by atomic mass is 35.5. The Kier molecular flexibility index (Phi) is 6.78. The highest BCUT2D eigenvalue weighted by molar-refractivity contribution is 6.30. The van der Waals surface area contributed by atoms with Crippen molar-refractivity contribution in [2.45, 2.75) is 19.6 Å². The second kappa shape index (κ2) is 9.90. The van der Waals surface area contributed by atoms with Crippen molar-refractivity contribution in [3.63, 3.8) is 0 Å². The largest absolute Gasteiger partial charge is 0.489 e. The zero-order valence-electron chi connectivity index (χ0n) is 17.1. The lowest BCUT2D eigenvalue weighted by Crippen LogP contribution is -2.27. The van der Waals surface area contributed by atoms with Gasteiger partial charge in [-0.25, -0.2) is 4.79 Å². The van der Waals surface area contributed by atoms with Gasteiger partial charge in [-0.1, -0.05) is 71.7 Å². The van der Waals surface area contributed by atoms with Gasteiger partial charge in [0.15, 0.2) is 0 Å². The first kappa shape index (κ1) is 21.9. The van der Waals surface area contributed by atoms with Crippen molar-refractivity contribution in [2.75, 3.05) is 0 Å². The summed E-state index contributed by atoms with van der Waals surface area (Å²) in [6.45, 7) is 0.668. The number of nitrogens with zero attached hydrogens (tertiary/aromatic N) is 1. The zero-order chi connectivity index (χ0) is 22.5. The molecule has 1 aliphatic rings. The summed E-state index contributed by atoms with van der Waals surface area (Å²) < 4.78 is 5.99. The third kappa shape index (κ3) is 5.31. The summed E-state index contributed by atoms with van der Waals surface area (Å²) in [6.07, 6.45) is 2.19. The SMILES string of the molecule is O=C1NC(=O)N(Cc2ccc(Cl)cc2)C1=CCc1ccccc1OCc1ccc(Cl)cc1. The molecule has 7 heteroatoms. The van der Waals surface area contributed by atoms with Crippen LogP contribution in [0.15, 0.2) is 84.6 Å². The number of allylic oxidation sites excluding steroid dienone is 1. The number of hydrogen-bond acceptors (Lipinski definition) is 3. The predicted molar refractivity (Wildman–Crippen MR) is 125 cm³/mol. The van der Waals surface area contributed by atoms with Crippen LogP contribution >= 0.6 is 23.2 Å². The monoisotopic (exact) mass is 466 g/mol. The summed E-state index contributed by atoms with van der Waals surface area (Å²) in [4.78, 5) is 26.1. The van der Waals surface area contributed by atoms with Gasteiger partial charge in [0.25, 0.3) is 5.91 Å². The Balaban J connectivity index is 1.49. The molecule has 162 valence electrons. The van der Waals surface area contributed by atoms with E-state index in [9.17, 15) is 9.59 Å². The van der Waals surface area contributed by atoms with E-state index < -0.39 is 11.9 Å². The second-order valence-electron chi connectivity index (χ2n) is 7.29. The van der Waals surface area contributed by atoms with Gasteiger partial charge in [0.2, 0.25) is 0 Å². The fraction of sp³-hybridized carbons (Fsp3) is 0.120. The van der Waals surface area contributed by atoms with Crippen molar-refractivity contribution in [2.24, 2.45) is 0 Å². The fourth-order valence-electron chi connectivity index (χ4n) is 3.35. The number of urea groups is 1. The van der Waals surface area contributed by atoms with E-state index in [1.807, 2.05) is 60.7 Å². The lowest BCUT2D eigenvalue weighted by Gasteiger charge is -2.16. The molecule has 0 unspecified atom stereocenters. The number of nitrogens with one attached hydrogen (secondary N) is 1. The molecule has 0 bridgehead atoms. The van der Waals surface area contributed by atoms with Gasteiger partial charge in [-0.2, -0.15) is 0 Å². The van der Waals surface area contributed by atoms with Crippen molar-refractivity contribution < 1.29 is 14.3 Å². The van der Waals surface area contributed by atoms with E-state index in [0.29, 0.717) is 34.5 Å². The van der Waals surface area contributed by atoms with E-state index in [1.165, 1.54) is 4.90 Å². The highest BCUT2D eigenvalue weighted by Gasteiger charge is 2.32. The van der Waals surface area contributed by atoms with Crippen LogP contribution in [0.25, 0.3) is 0 Å². The topological polar surface area (TPSA) is 58.6 Å². The summed E-state index contributed by atoms with van der Waals surface area (Å²) in [6, 6.07) is 21.8. The number of imide groups is 1. The van der Waals surface area contributed by atoms with Crippen LogP contribution in [-0.2, 0) is 24.4 Å². The van der Waals surface area contributed by atoms with E-state index in [1.54, 1.807) is 18.2 Å². The van der Waals surface area contributed by atoms with Crippen LogP contribution < -0.4 is 10.1 Å². The van der Waals surface area contributed by atoms with Crippen molar-refractivity contribution in [1.82, 2.24) is 10.2 Å². The van der Waals surface area contributed by atoms with Gasteiger partial charge in [-0.15, -0.1) is 0 Å². The molecule has 1 fully saturated rings. The Hall–Kier alpha value is -3.28. The smallest absolute Gasteiger partial charge is 0.329 e. The van der Waals surface area contributed by atoms with Crippen LogP contribution in [0.3, 0.4) is 0 Å². The fourth-order valence-corrected chi connectivity index (χ4v) is 3.61. The number of amides is 3. The van der Waals surface area contributed by atoms with Gasteiger partial charge < -0.3 is 4.74 Å². The molecule has 1 heterocycles. The van der Waals surface area contributed by atoms with Crippen LogP contribution in [0, 0.1) is 0 Å². The third-order valence-corrected chi connectivity index (χ3v) is 5.54. The summed E-state index contributed by atoms with van der Waals surface area (Å²) >= 11 is 11.9. The molecule has 3 aromatic rings. The zero-order valence-corrected chi connectivity index (χ0v) is 18.6. The standard InChI is InChI=1S/C25H20Cl2N2O3/c26-20-10-5-17(6-11-20)15-29-22(24(30)28-25(29)31)14-9-19-3-1-2-4-23(19)32-16-18-7-12-21(27)13-8-18/h1-8,10-14H,9,15-16H2,(H,28,30,31). The summed E-state index contributed by atoms with van der Waals surface area (Å²) in [5.41, 5.74) is 3.10. The summed E-state index contributed by atoms with van der Waals surface area (Å²) in [7, 11) is 0. The van der Waals surface area contributed by atoms with E-state index in [0.717, 1.165) is 16.7 Å². The van der Waals surface area contributed by atoms with Crippen LogP contribution in [0.2, 0.25) is 10.0 Å². The molecule has 0 atom stereocenters. The minimum Gasteiger partial charge on any atom is -0.489 e. The second-order valence-corrected chi connectivity index (χ2v) is 8.16. The van der Waals surface area contributed by atoms with E-state index >= 15 is 0 Å². The predicted octanol–water partition coefficient (Wildman–Crippen LogP) is 5.75. The molecule has 3 amide bonds. The van der Waals surface area contributed by atoms with Crippen molar-refractivity contribution in [1.29, 1.82) is 0 Å². The molecular weight excluding hydrogens is 447 g/mol. The molecular formula is C25H20Cl2N2O3. The number of benzene rings is 3. The molecule has 0 aliphatic carbocycles. The number of halogens is 2. The Morgan fingerprint density at radius 3 is 2.16 bits per heavy atom. The van der Waals surface area contributed by atoms with Crippen molar-refractivity contribution >= 4 is 35.1 Å². The maximum Gasteiger partial charge on any atom is 0.329 e. The molecule has 3 aromatic carbocycles. The Bertz CT molecular complexity index is 1160. The molecule has 0 saturated carbocycles. The van der Waals surface area contributed by atoms with Gasteiger partial charge in [-0.05, 0) is 53.4 Å².